The van der Waals surface area contributed by atoms with Crippen molar-refractivity contribution in [2.45, 2.75) is 58.5 Å². The summed E-state index contributed by atoms with van der Waals surface area (Å²) in [7, 11) is 0. The normalized spacial score (nSPS) is 24.0. The molecule has 1 N–H and O–H groups in total. The molecule has 0 saturated carbocycles. The average Bonchev–Trinajstić information content (AvgIpc) is 2.16. The third-order valence-corrected chi connectivity index (χ3v) is 3.34. The Kier molecular flexibility index (Phi) is 4.78. The van der Waals surface area contributed by atoms with E-state index in [1.54, 1.807) is 0 Å². The summed E-state index contributed by atoms with van der Waals surface area (Å²) in [5, 5.41) is 9.60. The van der Waals surface area contributed by atoms with E-state index in [0.717, 1.165) is 32.1 Å². The summed E-state index contributed by atoms with van der Waals surface area (Å²) < 4.78 is 5.07. The molecule has 1 aliphatic heterocycles. The highest BCUT2D eigenvalue weighted by atomic mass is 16.5. The molecule has 3 nitrogen and oxygen atoms in total. The second kappa shape index (κ2) is 5.67. The first-order valence-corrected chi connectivity index (χ1v) is 6.29. The molecule has 0 spiro atoms. The largest absolute Gasteiger partial charge is 0.465 e. The van der Waals surface area contributed by atoms with Gasteiger partial charge in [0.05, 0.1) is 18.1 Å². The minimum atomic E-state index is -0.590. The lowest BCUT2D eigenvalue weighted by Gasteiger charge is -2.27. The minimum absolute atomic E-state index is 0.0259. The zero-order valence-electron chi connectivity index (χ0n) is 10.7. The van der Waals surface area contributed by atoms with Crippen LogP contribution in [0.1, 0.15) is 52.9 Å². The molecule has 0 aromatic carbocycles. The van der Waals surface area contributed by atoms with Gasteiger partial charge in [0.1, 0.15) is 0 Å². The number of carbonyl (C=O) groups is 1. The molecule has 0 aliphatic carbocycles. The van der Waals surface area contributed by atoms with E-state index < -0.39 is 5.60 Å². The third kappa shape index (κ3) is 4.52. The smallest absolute Gasteiger partial charge is 0.309 e. The molecule has 0 bridgehead atoms. The van der Waals surface area contributed by atoms with Crippen molar-refractivity contribution in [2.24, 2.45) is 11.8 Å². The second-order valence-corrected chi connectivity index (χ2v) is 5.60. The average molecular weight is 228 g/mol. The summed E-state index contributed by atoms with van der Waals surface area (Å²) >= 11 is 0. The Bertz CT molecular complexity index is 230. The van der Waals surface area contributed by atoms with Crippen molar-refractivity contribution >= 4 is 5.97 Å². The summed E-state index contributed by atoms with van der Waals surface area (Å²) in [6.07, 6.45) is 4.70. The summed E-state index contributed by atoms with van der Waals surface area (Å²) in [4.78, 5) is 11.5. The number of cyclic esters (lactones) is 1. The monoisotopic (exact) mass is 228 g/mol. The molecular weight excluding hydrogens is 204 g/mol. The maximum Gasteiger partial charge on any atom is 0.309 e. The molecule has 94 valence electrons. The highest BCUT2D eigenvalue weighted by molar-refractivity contribution is 5.73. The van der Waals surface area contributed by atoms with Gasteiger partial charge >= 0.3 is 5.97 Å². The molecule has 1 aliphatic rings. The van der Waals surface area contributed by atoms with Gasteiger partial charge in [0.2, 0.25) is 0 Å². The highest BCUT2D eigenvalue weighted by Crippen LogP contribution is 2.28. The fraction of sp³-hybridized carbons (Fsp3) is 0.923. The molecule has 2 unspecified atom stereocenters. The third-order valence-electron chi connectivity index (χ3n) is 3.34. The van der Waals surface area contributed by atoms with Crippen LogP contribution in [0.15, 0.2) is 0 Å². The van der Waals surface area contributed by atoms with E-state index in [4.69, 9.17) is 4.74 Å². The summed E-state index contributed by atoms with van der Waals surface area (Å²) in [6.45, 7) is 6.35. The molecule has 1 fully saturated rings. The molecular formula is C13H24O3. The van der Waals surface area contributed by atoms with Crippen LogP contribution in [0.4, 0.5) is 0 Å². The van der Waals surface area contributed by atoms with Crippen molar-refractivity contribution in [3.63, 3.8) is 0 Å². The zero-order valence-corrected chi connectivity index (χ0v) is 10.7. The number of aliphatic hydroxyl groups is 1. The Morgan fingerprint density at radius 1 is 1.56 bits per heavy atom. The highest BCUT2D eigenvalue weighted by Gasteiger charge is 2.29. The van der Waals surface area contributed by atoms with Crippen molar-refractivity contribution in [3.8, 4) is 0 Å². The van der Waals surface area contributed by atoms with Crippen molar-refractivity contribution in [3.05, 3.63) is 0 Å². The Balaban J connectivity index is 2.28. The Morgan fingerprint density at radius 2 is 2.25 bits per heavy atom. The van der Waals surface area contributed by atoms with E-state index in [1.165, 1.54) is 0 Å². The second-order valence-electron chi connectivity index (χ2n) is 5.60. The van der Waals surface area contributed by atoms with Gasteiger partial charge in [-0.1, -0.05) is 13.3 Å². The molecule has 0 aromatic rings. The molecule has 0 radical (unpaired) electrons. The van der Waals surface area contributed by atoms with E-state index in [9.17, 15) is 9.90 Å². The van der Waals surface area contributed by atoms with Gasteiger partial charge in [-0.15, -0.1) is 0 Å². The van der Waals surface area contributed by atoms with Crippen molar-refractivity contribution < 1.29 is 14.6 Å². The minimum Gasteiger partial charge on any atom is -0.465 e. The van der Waals surface area contributed by atoms with Crippen LogP contribution in [-0.4, -0.2) is 23.3 Å². The van der Waals surface area contributed by atoms with Gasteiger partial charge in [-0.25, -0.2) is 0 Å². The number of hydrogen-bond acceptors (Lipinski definition) is 3. The number of ether oxygens (including phenoxy) is 1. The topological polar surface area (TPSA) is 46.5 Å². The van der Waals surface area contributed by atoms with Crippen LogP contribution < -0.4 is 0 Å². The van der Waals surface area contributed by atoms with Crippen LogP contribution in [0.3, 0.4) is 0 Å². The van der Waals surface area contributed by atoms with Gasteiger partial charge in [-0.3, -0.25) is 4.79 Å². The molecule has 1 heterocycles. The molecule has 2 atom stereocenters. The Morgan fingerprint density at radius 3 is 2.81 bits per heavy atom. The van der Waals surface area contributed by atoms with Crippen LogP contribution in [0.25, 0.3) is 0 Å². The fourth-order valence-corrected chi connectivity index (χ4v) is 2.28. The first kappa shape index (κ1) is 13.5. The van der Waals surface area contributed by atoms with Gasteiger partial charge in [0.25, 0.3) is 0 Å². The predicted octanol–water partition coefficient (Wildman–Crippen LogP) is 2.52. The van der Waals surface area contributed by atoms with E-state index in [2.05, 4.69) is 6.92 Å². The number of rotatable bonds is 5. The molecule has 0 aromatic heterocycles. The Labute approximate surface area is 98.2 Å². The van der Waals surface area contributed by atoms with Gasteiger partial charge < -0.3 is 9.84 Å². The first-order valence-electron chi connectivity index (χ1n) is 6.29. The standard InChI is InChI=1S/C13H24O3/c1-10(6-4-8-13(2,3)15)11-7-5-9-16-12(11)14/h10-11,15H,4-9H2,1-3H3. The summed E-state index contributed by atoms with van der Waals surface area (Å²) in [5.41, 5.74) is -0.590. The fourth-order valence-electron chi connectivity index (χ4n) is 2.28. The van der Waals surface area contributed by atoms with Crippen molar-refractivity contribution in [1.82, 2.24) is 0 Å². The molecule has 16 heavy (non-hydrogen) atoms. The van der Waals surface area contributed by atoms with Gasteiger partial charge in [0.15, 0.2) is 0 Å². The molecule has 1 saturated heterocycles. The SMILES string of the molecule is CC(CCCC(C)(C)O)C1CCCOC1=O. The van der Waals surface area contributed by atoms with Gasteiger partial charge in [-0.2, -0.15) is 0 Å². The van der Waals surface area contributed by atoms with Crippen LogP contribution in [0, 0.1) is 11.8 Å². The Hall–Kier alpha value is -0.570. The lowest BCUT2D eigenvalue weighted by Crippen LogP contribution is -2.29. The van der Waals surface area contributed by atoms with E-state index in [0.29, 0.717) is 12.5 Å². The molecule has 0 amide bonds. The number of hydrogen-bond donors (Lipinski definition) is 1. The van der Waals surface area contributed by atoms with Gasteiger partial charge in [-0.05, 0) is 45.4 Å². The maximum absolute atomic E-state index is 11.5. The van der Waals surface area contributed by atoms with Gasteiger partial charge in [0, 0.05) is 0 Å². The zero-order chi connectivity index (χ0) is 12.2. The quantitative estimate of drug-likeness (QED) is 0.735. The van der Waals surface area contributed by atoms with Crippen molar-refractivity contribution in [1.29, 1.82) is 0 Å². The van der Waals surface area contributed by atoms with E-state index >= 15 is 0 Å². The molecule has 1 rings (SSSR count). The van der Waals surface area contributed by atoms with Crippen LogP contribution in [-0.2, 0) is 9.53 Å². The van der Waals surface area contributed by atoms with Crippen LogP contribution in [0.2, 0.25) is 0 Å². The summed E-state index contributed by atoms with van der Waals surface area (Å²) in [5.74, 6) is 0.424. The van der Waals surface area contributed by atoms with E-state index in [1.807, 2.05) is 13.8 Å². The van der Waals surface area contributed by atoms with E-state index in [-0.39, 0.29) is 11.9 Å². The first-order chi connectivity index (χ1) is 7.40. The lowest BCUT2D eigenvalue weighted by molar-refractivity contribution is -0.155. The van der Waals surface area contributed by atoms with Crippen LogP contribution >= 0.6 is 0 Å². The molecule has 3 heteroatoms. The number of carbonyl (C=O) groups excluding carboxylic acids is 1. The summed E-state index contributed by atoms with van der Waals surface area (Å²) in [6, 6.07) is 0. The number of esters is 1. The van der Waals surface area contributed by atoms with Crippen molar-refractivity contribution in [2.75, 3.05) is 6.61 Å². The lowest BCUT2D eigenvalue weighted by atomic mass is 9.84. The van der Waals surface area contributed by atoms with Crippen LogP contribution in [0.5, 0.6) is 0 Å². The maximum atomic E-state index is 11.5. The predicted molar refractivity (Wildman–Crippen MR) is 63.0 cm³/mol.